The Morgan fingerprint density at radius 1 is 0.375 bits per heavy atom. The first kappa shape index (κ1) is 35.6. The fourth-order valence-electron chi connectivity index (χ4n) is 9.78. The van der Waals surface area contributed by atoms with E-state index < -0.39 is 0 Å². The molecule has 0 bridgehead atoms. The summed E-state index contributed by atoms with van der Waals surface area (Å²) >= 11 is 3.72. The minimum Gasteiger partial charge on any atom is -0.456 e. The van der Waals surface area contributed by atoms with Gasteiger partial charge in [-0.1, -0.05) is 152 Å². The third-order valence-electron chi connectivity index (χ3n) is 12.7. The van der Waals surface area contributed by atoms with Gasteiger partial charge in [-0.15, -0.1) is 22.7 Å². The number of benzene rings is 9. The first-order valence-corrected chi connectivity index (χ1v) is 23.0. The van der Waals surface area contributed by atoms with Crippen molar-refractivity contribution < 1.29 is 4.42 Å². The van der Waals surface area contributed by atoms with Crippen molar-refractivity contribution in [1.82, 2.24) is 19.5 Å². The van der Waals surface area contributed by atoms with E-state index >= 15 is 0 Å². The van der Waals surface area contributed by atoms with Gasteiger partial charge in [-0.05, 0) is 53.6 Å². The summed E-state index contributed by atoms with van der Waals surface area (Å²) in [6.45, 7) is 0. The Morgan fingerprint density at radius 3 is 1.83 bits per heavy atom. The van der Waals surface area contributed by atoms with Crippen molar-refractivity contribution in [2.75, 3.05) is 0 Å². The number of hydrogen-bond donors (Lipinski definition) is 0. The van der Waals surface area contributed by atoms with E-state index in [0.717, 1.165) is 66.2 Å². The number of rotatable bonds is 5. The molecule has 0 saturated heterocycles. The van der Waals surface area contributed by atoms with Gasteiger partial charge in [-0.2, -0.15) is 0 Å². The van der Waals surface area contributed by atoms with Crippen molar-refractivity contribution in [3.63, 3.8) is 0 Å². The second-order valence-corrected chi connectivity index (χ2v) is 18.3. The molecule has 0 spiro atoms. The lowest BCUT2D eigenvalue weighted by molar-refractivity contribution is 0.669. The molecule has 9 aromatic carbocycles. The van der Waals surface area contributed by atoms with Crippen molar-refractivity contribution in [2.45, 2.75) is 0 Å². The van der Waals surface area contributed by atoms with E-state index in [2.05, 4.69) is 150 Å². The summed E-state index contributed by atoms with van der Waals surface area (Å²) in [5.74, 6) is 1.91. The van der Waals surface area contributed by atoms with Crippen LogP contribution >= 0.6 is 22.7 Å². The number of fused-ring (bicyclic) bond motifs is 13. The Morgan fingerprint density at radius 2 is 1.02 bits per heavy atom. The molecule has 0 unspecified atom stereocenters. The van der Waals surface area contributed by atoms with E-state index in [-0.39, 0.29) is 0 Å². The zero-order valence-electron chi connectivity index (χ0n) is 34.0. The zero-order valence-corrected chi connectivity index (χ0v) is 35.6. The molecule has 0 fully saturated rings. The van der Waals surface area contributed by atoms with Gasteiger partial charge in [0.1, 0.15) is 11.2 Å². The van der Waals surface area contributed by atoms with Gasteiger partial charge < -0.3 is 8.98 Å². The zero-order chi connectivity index (χ0) is 41.9. The van der Waals surface area contributed by atoms with E-state index in [1.165, 1.54) is 51.4 Å². The van der Waals surface area contributed by atoms with E-state index in [4.69, 9.17) is 19.4 Å². The molecule has 298 valence electrons. The predicted octanol–water partition coefficient (Wildman–Crippen LogP) is 16.3. The summed E-state index contributed by atoms with van der Waals surface area (Å²) in [6, 6.07) is 68.8. The maximum absolute atomic E-state index is 6.31. The molecule has 0 saturated carbocycles. The van der Waals surface area contributed by atoms with Gasteiger partial charge in [-0.25, -0.2) is 15.0 Å². The van der Waals surface area contributed by atoms with E-state index in [0.29, 0.717) is 17.5 Å². The van der Waals surface area contributed by atoms with Crippen LogP contribution in [-0.4, -0.2) is 19.5 Å². The highest BCUT2D eigenvalue weighted by molar-refractivity contribution is 7.27. The number of hydrogen-bond acceptors (Lipinski definition) is 6. The number of furan rings is 1. The standard InChI is InChI=1S/C57H32N4OS2/c1-3-14-33(15-4-1)55-58-56(34-16-5-2-6-17-34)60-57(59-55)43-30-27-36(35-26-31-48-44(32-35)38-19-8-11-24-47(38)62-48)53-50(43)42-21-13-23-46(52(42)64-53)61-45-22-10-7-18-37(45)40-28-29-41-39-20-9-12-25-49(39)63-54(41)51(40)61/h1-32H. The van der Waals surface area contributed by atoms with Gasteiger partial charge in [0.05, 0.1) is 26.1 Å². The maximum Gasteiger partial charge on any atom is 0.164 e. The molecular weight excluding hydrogens is 821 g/mol. The summed E-state index contributed by atoms with van der Waals surface area (Å²) in [4.78, 5) is 15.6. The minimum absolute atomic E-state index is 0.634. The molecule has 0 amide bonds. The summed E-state index contributed by atoms with van der Waals surface area (Å²) in [5.41, 5.74) is 10.4. The molecule has 64 heavy (non-hydrogen) atoms. The quantitative estimate of drug-likeness (QED) is 0.173. The summed E-state index contributed by atoms with van der Waals surface area (Å²) in [5, 5.41) is 9.55. The Hall–Kier alpha value is -7.97. The second-order valence-electron chi connectivity index (χ2n) is 16.3. The highest BCUT2D eigenvalue weighted by Crippen LogP contribution is 2.49. The van der Waals surface area contributed by atoms with Crippen LogP contribution in [0.25, 0.3) is 135 Å². The summed E-state index contributed by atoms with van der Waals surface area (Å²) in [7, 11) is 0. The van der Waals surface area contributed by atoms with Gasteiger partial charge in [0.25, 0.3) is 0 Å². The van der Waals surface area contributed by atoms with Crippen LogP contribution in [0.1, 0.15) is 0 Å². The third-order valence-corrected chi connectivity index (χ3v) is 15.1. The lowest BCUT2D eigenvalue weighted by atomic mass is 9.97. The van der Waals surface area contributed by atoms with E-state index in [9.17, 15) is 0 Å². The van der Waals surface area contributed by atoms with Crippen LogP contribution in [0.5, 0.6) is 0 Å². The van der Waals surface area contributed by atoms with Crippen molar-refractivity contribution in [1.29, 1.82) is 0 Å². The summed E-state index contributed by atoms with van der Waals surface area (Å²) in [6.07, 6.45) is 0. The molecule has 0 aliphatic rings. The monoisotopic (exact) mass is 852 g/mol. The van der Waals surface area contributed by atoms with Crippen molar-refractivity contribution >= 4 is 107 Å². The lowest BCUT2D eigenvalue weighted by Gasteiger charge is -2.12. The molecule has 14 rings (SSSR count). The van der Waals surface area contributed by atoms with Gasteiger partial charge in [0, 0.05) is 69.2 Å². The number of aromatic nitrogens is 4. The Labute approximate surface area is 373 Å². The number of para-hydroxylation sites is 2. The lowest BCUT2D eigenvalue weighted by Crippen LogP contribution is -2.00. The second kappa shape index (κ2) is 13.8. The highest BCUT2D eigenvalue weighted by Gasteiger charge is 2.24. The van der Waals surface area contributed by atoms with Crippen LogP contribution in [0.4, 0.5) is 0 Å². The molecule has 0 atom stereocenters. The molecule has 5 nitrogen and oxygen atoms in total. The third kappa shape index (κ3) is 5.26. The van der Waals surface area contributed by atoms with Crippen LogP contribution < -0.4 is 0 Å². The van der Waals surface area contributed by atoms with E-state index in [1.807, 2.05) is 71.2 Å². The van der Waals surface area contributed by atoms with Crippen molar-refractivity contribution in [3.05, 3.63) is 194 Å². The molecule has 14 aromatic rings. The average molecular weight is 853 g/mol. The van der Waals surface area contributed by atoms with Crippen LogP contribution in [-0.2, 0) is 0 Å². The Bertz CT molecular complexity index is 4140. The number of nitrogens with zero attached hydrogens (tertiary/aromatic N) is 4. The predicted molar refractivity (Wildman–Crippen MR) is 269 cm³/mol. The Balaban J connectivity index is 1.10. The molecular formula is C57H32N4OS2. The highest BCUT2D eigenvalue weighted by atomic mass is 32.1. The summed E-state index contributed by atoms with van der Waals surface area (Å²) < 4.78 is 13.8. The van der Waals surface area contributed by atoms with Crippen LogP contribution in [0.3, 0.4) is 0 Å². The molecule has 7 heteroatoms. The SMILES string of the molecule is c1ccc(-c2nc(-c3ccccc3)nc(-c3ccc(-c4ccc5oc6ccccc6c5c4)c4sc5c(-n6c7ccccc7c7ccc8c9ccccc9sc8c76)cccc5c34)n2)cc1. The van der Waals surface area contributed by atoms with Crippen LogP contribution in [0.15, 0.2) is 199 Å². The van der Waals surface area contributed by atoms with Crippen molar-refractivity contribution in [2.24, 2.45) is 0 Å². The molecule has 0 aliphatic heterocycles. The van der Waals surface area contributed by atoms with Gasteiger partial charge in [0.2, 0.25) is 0 Å². The molecule has 5 aromatic heterocycles. The first-order chi connectivity index (χ1) is 31.7. The topological polar surface area (TPSA) is 56.7 Å². The maximum atomic E-state index is 6.31. The first-order valence-electron chi connectivity index (χ1n) is 21.3. The molecule has 0 aliphatic carbocycles. The molecule has 5 heterocycles. The number of thiophene rings is 2. The van der Waals surface area contributed by atoms with Crippen LogP contribution in [0, 0.1) is 0 Å². The fourth-order valence-corrected chi connectivity index (χ4v) is 12.4. The van der Waals surface area contributed by atoms with Crippen LogP contribution in [0.2, 0.25) is 0 Å². The Kier molecular flexibility index (Phi) is 7.66. The smallest absolute Gasteiger partial charge is 0.164 e. The van der Waals surface area contributed by atoms with E-state index in [1.54, 1.807) is 0 Å². The van der Waals surface area contributed by atoms with Crippen molar-refractivity contribution in [3.8, 4) is 51.0 Å². The average Bonchev–Trinajstić information content (AvgIpc) is 4.13. The fraction of sp³-hybridized carbons (Fsp3) is 0. The normalized spacial score (nSPS) is 12.1. The van der Waals surface area contributed by atoms with Gasteiger partial charge in [0.15, 0.2) is 17.5 Å². The minimum atomic E-state index is 0.634. The molecule has 0 N–H and O–H groups in total. The van der Waals surface area contributed by atoms with Gasteiger partial charge >= 0.3 is 0 Å². The largest absolute Gasteiger partial charge is 0.456 e. The van der Waals surface area contributed by atoms with Gasteiger partial charge in [-0.3, -0.25) is 0 Å². The molecule has 0 radical (unpaired) electrons.